The molecular formula is C19H16F3N5O. The van der Waals surface area contributed by atoms with Crippen LogP contribution in [0.25, 0.3) is 11.4 Å². The average Bonchev–Trinajstić information content (AvgIpc) is 2.68. The van der Waals surface area contributed by atoms with Crippen molar-refractivity contribution in [3.8, 4) is 11.4 Å². The number of hydrogen-bond acceptors (Lipinski definition) is 5. The van der Waals surface area contributed by atoms with Gasteiger partial charge in [0.2, 0.25) is 0 Å². The quantitative estimate of drug-likeness (QED) is 0.748. The van der Waals surface area contributed by atoms with Crippen molar-refractivity contribution in [1.29, 1.82) is 0 Å². The van der Waals surface area contributed by atoms with Crippen molar-refractivity contribution in [2.24, 2.45) is 0 Å². The molecule has 0 radical (unpaired) electrons. The van der Waals surface area contributed by atoms with Crippen LogP contribution in [0.15, 0.2) is 47.8 Å². The number of pyridine rings is 2. The summed E-state index contributed by atoms with van der Waals surface area (Å²) in [6.07, 6.45) is 1.63. The Labute approximate surface area is 158 Å². The van der Waals surface area contributed by atoms with Crippen LogP contribution in [-0.2, 0) is 25.7 Å². The molecule has 1 N–H and O–H groups in total. The van der Waals surface area contributed by atoms with E-state index in [9.17, 15) is 18.0 Å². The molecule has 28 heavy (non-hydrogen) atoms. The lowest BCUT2D eigenvalue weighted by molar-refractivity contribution is -0.138. The van der Waals surface area contributed by atoms with Crippen LogP contribution in [0.3, 0.4) is 0 Å². The lowest BCUT2D eigenvalue weighted by Crippen LogP contribution is -2.36. The summed E-state index contributed by atoms with van der Waals surface area (Å²) in [6, 6.07) is 4.48. The van der Waals surface area contributed by atoms with Crippen molar-refractivity contribution >= 4 is 0 Å². The van der Waals surface area contributed by atoms with Gasteiger partial charge in [0.25, 0.3) is 5.56 Å². The van der Waals surface area contributed by atoms with Gasteiger partial charge in [-0.15, -0.1) is 0 Å². The predicted molar refractivity (Wildman–Crippen MR) is 95.1 cm³/mol. The molecular weight excluding hydrogens is 371 g/mol. The molecule has 0 aliphatic carbocycles. The number of aromatic nitrogens is 4. The molecule has 0 atom stereocenters. The van der Waals surface area contributed by atoms with Crippen molar-refractivity contribution in [3.63, 3.8) is 0 Å². The summed E-state index contributed by atoms with van der Waals surface area (Å²) in [5.74, 6) is 0.464. The number of H-pyrrole nitrogens is 1. The summed E-state index contributed by atoms with van der Waals surface area (Å²) in [7, 11) is 0. The summed E-state index contributed by atoms with van der Waals surface area (Å²) < 4.78 is 39.6. The first-order valence-electron chi connectivity index (χ1n) is 8.67. The summed E-state index contributed by atoms with van der Waals surface area (Å²) in [5, 5.41) is 0. The fourth-order valence-corrected chi connectivity index (χ4v) is 3.33. The minimum absolute atomic E-state index is 0.0632. The molecule has 0 aromatic carbocycles. The highest BCUT2D eigenvalue weighted by molar-refractivity contribution is 5.54. The minimum Gasteiger partial charge on any atom is -0.306 e. The molecule has 0 unspecified atom stereocenters. The average molecular weight is 387 g/mol. The second-order valence-electron chi connectivity index (χ2n) is 6.57. The number of fused-ring (bicyclic) bond motifs is 1. The Morgan fingerprint density at radius 3 is 2.61 bits per heavy atom. The first-order valence-corrected chi connectivity index (χ1v) is 8.67. The van der Waals surface area contributed by atoms with E-state index >= 15 is 0 Å². The van der Waals surface area contributed by atoms with Gasteiger partial charge in [0.1, 0.15) is 5.82 Å². The number of hydrogen-bond donors (Lipinski definition) is 1. The molecule has 0 fully saturated rings. The van der Waals surface area contributed by atoms with Crippen LogP contribution in [0.1, 0.15) is 22.4 Å². The molecule has 0 saturated heterocycles. The van der Waals surface area contributed by atoms with Crippen LogP contribution in [0.4, 0.5) is 13.2 Å². The van der Waals surface area contributed by atoms with Gasteiger partial charge in [-0.3, -0.25) is 19.7 Å². The second-order valence-corrected chi connectivity index (χ2v) is 6.57. The number of rotatable bonds is 3. The molecule has 0 spiro atoms. The van der Waals surface area contributed by atoms with Gasteiger partial charge in [-0.25, -0.2) is 4.98 Å². The van der Waals surface area contributed by atoms with E-state index in [0.29, 0.717) is 30.0 Å². The first kappa shape index (κ1) is 18.3. The van der Waals surface area contributed by atoms with E-state index in [-0.39, 0.29) is 24.2 Å². The minimum atomic E-state index is -4.44. The van der Waals surface area contributed by atoms with Crippen molar-refractivity contribution in [1.82, 2.24) is 24.8 Å². The van der Waals surface area contributed by atoms with Crippen LogP contribution in [-0.4, -0.2) is 31.4 Å². The number of halogens is 3. The predicted octanol–water partition coefficient (Wildman–Crippen LogP) is 2.80. The summed E-state index contributed by atoms with van der Waals surface area (Å²) in [5.41, 5.74) is 1.03. The Morgan fingerprint density at radius 2 is 1.86 bits per heavy atom. The molecule has 0 amide bonds. The Morgan fingerprint density at radius 1 is 1.11 bits per heavy atom. The second kappa shape index (κ2) is 7.16. The largest absolute Gasteiger partial charge is 0.416 e. The van der Waals surface area contributed by atoms with Gasteiger partial charge in [-0.1, -0.05) is 0 Å². The summed E-state index contributed by atoms with van der Waals surface area (Å²) in [4.78, 5) is 29.4. The van der Waals surface area contributed by atoms with Gasteiger partial charge < -0.3 is 4.98 Å². The van der Waals surface area contributed by atoms with E-state index in [1.54, 1.807) is 29.4 Å². The van der Waals surface area contributed by atoms with Crippen LogP contribution in [0.5, 0.6) is 0 Å². The van der Waals surface area contributed by atoms with Crippen LogP contribution < -0.4 is 5.56 Å². The molecule has 4 heterocycles. The third-order valence-corrected chi connectivity index (χ3v) is 4.70. The highest BCUT2D eigenvalue weighted by Gasteiger charge is 2.34. The fraction of sp³-hybridized carbons (Fsp3) is 0.263. The highest BCUT2D eigenvalue weighted by Crippen LogP contribution is 2.32. The van der Waals surface area contributed by atoms with Crippen LogP contribution in [0.2, 0.25) is 0 Å². The van der Waals surface area contributed by atoms with Gasteiger partial charge in [0.05, 0.1) is 16.8 Å². The Bertz CT molecular complexity index is 1050. The van der Waals surface area contributed by atoms with Gasteiger partial charge in [-0.2, -0.15) is 13.2 Å². The molecule has 3 aromatic rings. The maximum atomic E-state index is 13.2. The molecule has 1 aliphatic rings. The van der Waals surface area contributed by atoms with Gasteiger partial charge >= 0.3 is 6.18 Å². The van der Waals surface area contributed by atoms with Crippen molar-refractivity contribution in [2.75, 3.05) is 6.54 Å². The van der Waals surface area contributed by atoms with Gasteiger partial charge in [-0.05, 0) is 23.8 Å². The number of nitrogens with zero attached hydrogens (tertiary/aromatic N) is 4. The summed E-state index contributed by atoms with van der Waals surface area (Å²) >= 11 is 0. The Kier molecular flexibility index (Phi) is 4.68. The number of nitrogens with one attached hydrogen (secondary N) is 1. The van der Waals surface area contributed by atoms with E-state index in [1.165, 1.54) is 6.20 Å². The zero-order chi connectivity index (χ0) is 19.7. The normalized spacial score (nSPS) is 14.7. The Balaban J connectivity index is 1.59. The van der Waals surface area contributed by atoms with Crippen LogP contribution in [0, 0.1) is 0 Å². The SMILES string of the molecule is O=c1[nH]c(-c2ccncc2)nc2c1CN(Cc1cnccc1C(F)(F)F)CC2. The number of alkyl halides is 3. The van der Waals surface area contributed by atoms with Crippen LogP contribution >= 0.6 is 0 Å². The fourth-order valence-electron chi connectivity index (χ4n) is 3.33. The highest BCUT2D eigenvalue weighted by atomic mass is 19.4. The molecule has 4 rings (SSSR count). The maximum absolute atomic E-state index is 13.2. The smallest absolute Gasteiger partial charge is 0.306 e. The topological polar surface area (TPSA) is 74.8 Å². The van der Waals surface area contributed by atoms with Crippen molar-refractivity contribution in [3.05, 3.63) is 75.7 Å². The first-order chi connectivity index (χ1) is 13.4. The third-order valence-electron chi connectivity index (χ3n) is 4.70. The molecule has 1 aliphatic heterocycles. The lowest BCUT2D eigenvalue weighted by atomic mass is 10.0. The zero-order valence-corrected chi connectivity index (χ0v) is 14.7. The lowest BCUT2D eigenvalue weighted by Gasteiger charge is -2.28. The molecule has 0 bridgehead atoms. The van der Waals surface area contributed by atoms with Gasteiger partial charge in [0, 0.05) is 56.4 Å². The number of aromatic amines is 1. The third kappa shape index (κ3) is 3.65. The molecule has 6 nitrogen and oxygen atoms in total. The standard InChI is InChI=1S/C19H16F3N5O/c20-19(21,22)15-3-7-24-9-13(15)10-27-8-4-16-14(11-27)18(28)26-17(25-16)12-1-5-23-6-2-12/h1-3,5-7,9H,4,8,10-11H2,(H,25,26,28). The van der Waals surface area contributed by atoms with Crippen molar-refractivity contribution < 1.29 is 13.2 Å². The zero-order valence-electron chi connectivity index (χ0n) is 14.7. The van der Waals surface area contributed by atoms with E-state index in [2.05, 4.69) is 19.9 Å². The van der Waals surface area contributed by atoms with E-state index in [4.69, 9.17) is 0 Å². The van der Waals surface area contributed by atoms with Crippen molar-refractivity contribution in [2.45, 2.75) is 25.7 Å². The molecule has 144 valence electrons. The molecule has 0 saturated carbocycles. The van der Waals surface area contributed by atoms with E-state index in [1.807, 2.05) is 0 Å². The van der Waals surface area contributed by atoms with E-state index in [0.717, 1.165) is 17.8 Å². The molecule has 3 aromatic heterocycles. The Hall–Kier alpha value is -3.07. The summed E-state index contributed by atoms with van der Waals surface area (Å²) in [6.45, 7) is 0.805. The monoisotopic (exact) mass is 387 g/mol. The maximum Gasteiger partial charge on any atom is 0.416 e. The van der Waals surface area contributed by atoms with Gasteiger partial charge in [0.15, 0.2) is 0 Å². The van der Waals surface area contributed by atoms with E-state index < -0.39 is 11.7 Å². The molecule has 9 heteroatoms.